The molecule has 2 aromatic carbocycles. The molecule has 35 heavy (non-hydrogen) atoms. The number of hydrogen-bond acceptors (Lipinski definition) is 5. The number of nitrogens with one attached hydrogen (secondary N) is 2. The number of thioether (sulfide) groups is 1. The normalized spacial score (nSPS) is 21.8. The van der Waals surface area contributed by atoms with Crippen LogP contribution in [0.15, 0.2) is 53.5 Å². The fourth-order valence-corrected chi connectivity index (χ4v) is 6.08. The molecule has 2 aliphatic heterocycles. The molecule has 7 nitrogen and oxygen atoms in total. The van der Waals surface area contributed by atoms with Gasteiger partial charge in [0.15, 0.2) is 5.17 Å². The van der Waals surface area contributed by atoms with Gasteiger partial charge in [-0.2, -0.15) is 4.99 Å². The van der Waals surface area contributed by atoms with Crippen molar-refractivity contribution in [2.24, 2.45) is 4.99 Å². The van der Waals surface area contributed by atoms with Gasteiger partial charge in [-0.15, -0.1) is 0 Å². The lowest BCUT2D eigenvalue weighted by Gasteiger charge is -2.27. The lowest BCUT2D eigenvalue weighted by Crippen LogP contribution is -2.33. The maximum absolute atomic E-state index is 12.8. The van der Waals surface area contributed by atoms with E-state index in [1.165, 1.54) is 29.3 Å². The molecule has 5 rings (SSSR count). The average Bonchev–Trinajstić information content (AvgIpc) is 3.25. The van der Waals surface area contributed by atoms with E-state index in [9.17, 15) is 14.4 Å². The molecule has 182 valence electrons. The Balaban J connectivity index is 1.13. The Labute approximate surface area is 209 Å². The van der Waals surface area contributed by atoms with Crippen LogP contribution in [0.2, 0.25) is 0 Å². The Morgan fingerprint density at radius 1 is 1.00 bits per heavy atom. The van der Waals surface area contributed by atoms with E-state index >= 15 is 0 Å². The number of hydrogen-bond donors (Lipinski definition) is 2. The molecule has 1 saturated heterocycles. The van der Waals surface area contributed by atoms with E-state index in [0.29, 0.717) is 11.3 Å². The molecule has 3 aliphatic rings. The van der Waals surface area contributed by atoms with Crippen LogP contribution in [-0.2, 0) is 16.0 Å². The third-order valence-corrected chi connectivity index (χ3v) is 8.05. The van der Waals surface area contributed by atoms with Crippen LogP contribution in [0, 0.1) is 0 Å². The second kappa shape index (κ2) is 10.6. The summed E-state index contributed by atoms with van der Waals surface area (Å²) in [6.45, 7) is 1.84. The Hall–Kier alpha value is -3.13. The molecular formula is C27H30N4O3S. The standard InChI is InChI=1S/C27H30N4O3S/c32-24(17-23-26(34)30-27(35-23)31-15-4-1-5-16-31)28-20-13-11-19(12-14-20)25(33)29-22-10-6-8-18-7-2-3-9-21(18)22/h2-3,7,9,11-14,22-23H,1,4-6,8,10,15-17H2,(H,28,32)(H,29,33). The lowest BCUT2D eigenvalue weighted by atomic mass is 9.87. The van der Waals surface area contributed by atoms with Gasteiger partial charge in [-0.1, -0.05) is 36.0 Å². The van der Waals surface area contributed by atoms with Gasteiger partial charge in [-0.25, -0.2) is 0 Å². The van der Waals surface area contributed by atoms with Crippen molar-refractivity contribution in [2.45, 2.75) is 56.2 Å². The molecule has 2 atom stereocenters. The summed E-state index contributed by atoms with van der Waals surface area (Å²) >= 11 is 1.39. The highest BCUT2D eigenvalue weighted by molar-refractivity contribution is 8.15. The number of amidine groups is 1. The minimum absolute atomic E-state index is 0.0188. The molecule has 0 bridgehead atoms. The van der Waals surface area contributed by atoms with Gasteiger partial charge in [-0.3, -0.25) is 14.4 Å². The SMILES string of the molecule is O=C(CC1SC(N2CCCCC2)=NC1=O)Nc1ccc(C(=O)NC2CCCc3ccccc32)cc1. The molecule has 0 aromatic heterocycles. The number of likely N-dealkylation sites (tertiary alicyclic amines) is 1. The molecule has 8 heteroatoms. The first-order valence-electron chi connectivity index (χ1n) is 12.4. The van der Waals surface area contributed by atoms with E-state index < -0.39 is 5.25 Å². The van der Waals surface area contributed by atoms with Gasteiger partial charge >= 0.3 is 0 Å². The van der Waals surface area contributed by atoms with Crippen molar-refractivity contribution in [3.05, 3.63) is 65.2 Å². The van der Waals surface area contributed by atoms with Crippen LogP contribution >= 0.6 is 11.8 Å². The Kier molecular flexibility index (Phi) is 7.18. The van der Waals surface area contributed by atoms with E-state index in [-0.39, 0.29) is 30.2 Å². The van der Waals surface area contributed by atoms with E-state index in [1.807, 2.05) is 12.1 Å². The van der Waals surface area contributed by atoms with E-state index in [4.69, 9.17) is 0 Å². The Bertz CT molecular complexity index is 1140. The quantitative estimate of drug-likeness (QED) is 0.652. The number of rotatable bonds is 5. The number of carbonyl (C=O) groups excluding carboxylic acids is 3. The molecule has 2 aromatic rings. The first-order valence-corrected chi connectivity index (χ1v) is 13.3. The van der Waals surface area contributed by atoms with Crippen LogP contribution in [0.5, 0.6) is 0 Å². The predicted molar refractivity (Wildman–Crippen MR) is 139 cm³/mol. The van der Waals surface area contributed by atoms with Crippen molar-refractivity contribution in [3.8, 4) is 0 Å². The number of aliphatic imine (C=N–C) groups is 1. The molecule has 0 radical (unpaired) electrons. The van der Waals surface area contributed by atoms with Crippen molar-refractivity contribution >= 4 is 40.3 Å². The lowest BCUT2D eigenvalue weighted by molar-refractivity contribution is -0.121. The minimum atomic E-state index is -0.477. The summed E-state index contributed by atoms with van der Waals surface area (Å²) in [7, 11) is 0. The zero-order valence-electron chi connectivity index (χ0n) is 19.7. The monoisotopic (exact) mass is 490 g/mol. The number of piperidine rings is 1. The van der Waals surface area contributed by atoms with E-state index in [1.54, 1.807) is 24.3 Å². The number of benzene rings is 2. The number of amides is 3. The Morgan fingerprint density at radius 2 is 1.77 bits per heavy atom. The molecule has 2 N–H and O–H groups in total. The number of fused-ring (bicyclic) bond motifs is 1. The first kappa shape index (κ1) is 23.6. The second-order valence-electron chi connectivity index (χ2n) is 9.33. The van der Waals surface area contributed by atoms with E-state index in [0.717, 1.165) is 50.4 Å². The van der Waals surface area contributed by atoms with E-state index in [2.05, 4.69) is 32.7 Å². The van der Waals surface area contributed by atoms with Crippen molar-refractivity contribution < 1.29 is 14.4 Å². The average molecular weight is 491 g/mol. The fourth-order valence-electron chi connectivity index (χ4n) is 4.96. The van der Waals surface area contributed by atoms with Gasteiger partial charge in [0.2, 0.25) is 5.91 Å². The molecule has 2 heterocycles. The summed E-state index contributed by atoms with van der Waals surface area (Å²) in [5, 5.41) is 6.27. The van der Waals surface area contributed by atoms with Crippen LogP contribution in [0.4, 0.5) is 5.69 Å². The molecule has 0 spiro atoms. The third kappa shape index (κ3) is 5.59. The molecular weight excluding hydrogens is 460 g/mol. The highest BCUT2D eigenvalue weighted by Crippen LogP contribution is 2.30. The zero-order chi connectivity index (χ0) is 24.2. The van der Waals surface area contributed by atoms with Crippen LogP contribution in [-0.4, -0.2) is 46.1 Å². The molecule has 1 aliphatic carbocycles. The summed E-state index contributed by atoms with van der Waals surface area (Å²) in [6, 6.07) is 15.2. The van der Waals surface area contributed by atoms with Gasteiger partial charge < -0.3 is 15.5 Å². The second-order valence-corrected chi connectivity index (χ2v) is 10.5. The third-order valence-electron chi connectivity index (χ3n) is 6.83. The van der Waals surface area contributed by atoms with Gasteiger partial charge in [0.1, 0.15) is 5.25 Å². The highest BCUT2D eigenvalue weighted by atomic mass is 32.2. The maximum Gasteiger partial charge on any atom is 0.262 e. The predicted octanol–water partition coefficient (Wildman–Crippen LogP) is 4.31. The highest BCUT2D eigenvalue weighted by Gasteiger charge is 2.33. The maximum atomic E-state index is 12.8. The van der Waals surface area contributed by atoms with Gasteiger partial charge in [-0.05, 0) is 73.9 Å². The summed E-state index contributed by atoms with van der Waals surface area (Å²) in [5.41, 5.74) is 3.64. The molecule has 0 saturated carbocycles. The number of carbonyl (C=O) groups is 3. The largest absolute Gasteiger partial charge is 0.351 e. The Morgan fingerprint density at radius 3 is 2.57 bits per heavy atom. The van der Waals surface area contributed by atoms with Crippen LogP contribution in [0.1, 0.15) is 66.1 Å². The van der Waals surface area contributed by atoms with Gasteiger partial charge in [0.05, 0.1) is 6.04 Å². The molecule has 1 fully saturated rings. The summed E-state index contributed by atoms with van der Waals surface area (Å²) in [4.78, 5) is 44.1. The summed E-state index contributed by atoms with van der Waals surface area (Å²) in [5.74, 6) is -0.594. The fraction of sp³-hybridized carbons (Fsp3) is 0.407. The summed E-state index contributed by atoms with van der Waals surface area (Å²) < 4.78 is 0. The van der Waals surface area contributed by atoms with Crippen LogP contribution in [0.3, 0.4) is 0 Å². The summed E-state index contributed by atoms with van der Waals surface area (Å²) in [6.07, 6.45) is 6.55. The minimum Gasteiger partial charge on any atom is -0.351 e. The van der Waals surface area contributed by atoms with Crippen LogP contribution in [0.25, 0.3) is 0 Å². The van der Waals surface area contributed by atoms with Crippen LogP contribution < -0.4 is 10.6 Å². The number of nitrogens with zero attached hydrogens (tertiary/aromatic N) is 2. The van der Waals surface area contributed by atoms with Gasteiger partial charge in [0.25, 0.3) is 11.8 Å². The number of aryl methyl sites for hydroxylation is 1. The van der Waals surface area contributed by atoms with Crippen molar-refractivity contribution in [1.29, 1.82) is 0 Å². The number of anilines is 1. The van der Waals surface area contributed by atoms with Gasteiger partial charge in [0, 0.05) is 30.8 Å². The molecule has 3 amide bonds. The van der Waals surface area contributed by atoms with Crippen molar-refractivity contribution in [2.75, 3.05) is 18.4 Å². The van der Waals surface area contributed by atoms with Crippen molar-refractivity contribution in [1.82, 2.24) is 10.2 Å². The smallest absolute Gasteiger partial charge is 0.262 e. The molecule has 2 unspecified atom stereocenters. The zero-order valence-corrected chi connectivity index (χ0v) is 20.5. The first-order chi connectivity index (χ1) is 17.1. The topological polar surface area (TPSA) is 90.9 Å². The van der Waals surface area contributed by atoms with Crippen molar-refractivity contribution in [3.63, 3.8) is 0 Å².